The molecule has 5 nitrogen and oxygen atoms in total. The molecule has 0 aromatic carbocycles. The second kappa shape index (κ2) is 6.02. The predicted molar refractivity (Wildman–Crippen MR) is 76.5 cm³/mol. The van der Waals surface area contributed by atoms with Crippen molar-refractivity contribution < 1.29 is 14.7 Å². The molecule has 1 N–H and O–H groups in total. The van der Waals surface area contributed by atoms with Crippen molar-refractivity contribution in [1.29, 1.82) is 0 Å². The van der Waals surface area contributed by atoms with E-state index in [1.54, 1.807) is 4.90 Å². The van der Waals surface area contributed by atoms with E-state index in [0.717, 1.165) is 25.9 Å². The molecule has 5 heteroatoms. The van der Waals surface area contributed by atoms with Crippen molar-refractivity contribution in [3.63, 3.8) is 0 Å². The lowest BCUT2D eigenvalue weighted by molar-refractivity contribution is -0.148. The maximum atomic E-state index is 12.5. The number of carbonyl (C=O) groups excluding carboxylic acids is 1. The van der Waals surface area contributed by atoms with Gasteiger partial charge in [-0.3, -0.25) is 4.79 Å². The molecule has 0 aliphatic carbocycles. The van der Waals surface area contributed by atoms with Gasteiger partial charge in [0.15, 0.2) is 0 Å². The zero-order valence-corrected chi connectivity index (χ0v) is 12.6. The van der Waals surface area contributed by atoms with Crippen LogP contribution >= 0.6 is 0 Å². The van der Waals surface area contributed by atoms with Gasteiger partial charge < -0.3 is 14.9 Å². The molecule has 0 bridgehead atoms. The van der Waals surface area contributed by atoms with Crippen molar-refractivity contribution in [2.24, 2.45) is 11.3 Å². The van der Waals surface area contributed by atoms with Crippen LogP contribution in [0, 0.1) is 11.3 Å². The first-order chi connectivity index (χ1) is 9.48. The lowest BCUT2D eigenvalue weighted by Gasteiger charge is -2.28. The Morgan fingerprint density at radius 1 is 1.20 bits per heavy atom. The molecule has 2 aliphatic rings. The molecule has 2 heterocycles. The highest BCUT2D eigenvalue weighted by Gasteiger charge is 2.45. The first-order valence-electron chi connectivity index (χ1n) is 7.76. The topological polar surface area (TPSA) is 60.9 Å². The summed E-state index contributed by atoms with van der Waals surface area (Å²) in [6.45, 7) is 6.69. The molecule has 2 saturated heterocycles. The average molecular weight is 282 g/mol. The molecule has 0 spiro atoms. The van der Waals surface area contributed by atoms with E-state index in [0.29, 0.717) is 31.8 Å². The number of amides is 2. The monoisotopic (exact) mass is 282 g/mol. The standard InChI is InChI=1S/C15H26N2O3/c1-3-15(13(18)19)7-10-17(11-15)14(20)16-8-4-5-12(2)6-9-16/h12H,3-11H2,1-2H3,(H,18,19). The second-order valence-corrected chi connectivity index (χ2v) is 6.42. The molecule has 2 atom stereocenters. The summed E-state index contributed by atoms with van der Waals surface area (Å²) in [5, 5.41) is 9.40. The smallest absolute Gasteiger partial charge is 0.320 e. The normalized spacial score (nSPS) is 31.2. The van der Waals surface area contributed by atoms with E-state index in [1.165, 1.54) is 6.42 Å². The Bertz CT molecular complexity index is 385. The number of likely N-dealkylation sites (tertiary alicyclic amines) is 2. The first-order valence-corrected chi connectivity index (χ1v) is 7.76. The molecule has 0 aromatic rings. The van der Waals surface area contributed by atoms with Gasteiger partial charge in [0.05, 0.1) is 5.41 Å². The molecule has 0 aromatic heterocycles. The number of hydrogen-bond donors (Lipinski definition) is 1. The van der Waals surface area contributed by atoms with Gasteiger partial charge in [0.25, 0.3) is 0 Å². The minimum atomic E-state index is -0.764. The fraction of sp³-hybridized carbons (Fsp3) is 0.867. The molecule has 2 rings (SSSR count). The van der Waals surface area contributed by atoms with E-state index >= 15 is 0 Å². The number of carboxylic acid groups (broad SMARTS) is 1. The molecule has 0 radical (unpaired) electrons. The SMILES string of the molecule is CCC1(C(=O)O)CCN(C(=O)N2CCCC(C)CC2)C1. The highest BCUT2D eigenvalue weighted by atomic mass is 16.4. The Morgan fingerprint density at radius 3 is 2.55 bits per heavy atom. The number of rotatable bonds is 2. The van der Waals surface area contributed by atoms with Gasteiger partial charge >= 0.3 is 12.0 Å². The molecule has 2 aliphatic heterocycles. The molecule has 2 fully saturated rings. The molecular weight excluding hydrogens is 256 g/mol. The summed E-state index contributed by atoms with van der Waals surface area (Å²) in [7, 11) is 0. The summed E-state index contributed by atoms with van der Waals surface area (Å²) in [5.74, 6) is -0.0834. The summed E-state index contributed by atoms with van der Waals surface area (Å²) < 4.78 is 0. The van der Waals surface area contributed by atoms with E-state index < -0.39 is 11.4 Å². The summed E-state index contributed by atoms with van der Waals surface area (Å²) in [6, 6.07) is 0.0377. The number of carbonyl (C=O) groups is 2. The maximum Gasteiger partial charge on any atom is 0.320 e. The van der Waals surface area contributed by atoms with Crippen molar-refractivity contribution in [1.82, 2.24) is 9.80 Å². The van der Waals surface area contributed by atoms with Crippen molar-refractivity contribution in [2.75, 3.05) is 26.2 Å². The lowest BCUT2D eigenvalue weighted by Crippen LogP contribution is -2.44. The summed E-state index contributed by atoms with van der Waals surface area (Å²) in [5.41, 5.74) is -0.727. The minimum Gasteiger partial charge on any atom is -0.481 e. The number of hydrogen-bond acceptors (Lipinski definition) is 2. The van der Waals surface area contributed by atoms with Gasteiger partial charge in [-0.1, -0.05) is 13.8 Å². The zero-order valence-electron chi connectivity index (χ0n) is 12.6. The van der Waals surface area contributed by atoms with E-state index in [4.69, 9.17) is 0 Å². The van der Waals surface area contributed by atoms with Crippen LogP contribution in [0.4, 0.5) is 4.79 Å². The largest absolute Gasteiger partial charge is 0.481 e. The van der Waals surface area contributed by atoms with Crippen LogP contribution < -0.4 is 0 Å². The zero-order chi connectivity index (χ0) is 14.8. The maximum absolute atomic E-state index is 12.5. The highest BCUT2D eigenvalue weighted by molar-refractivity contribution is 5.79. The van der Waals surface area contributed by atoms with Crippen LogP contribution in [-0.4, -0.2) is 53.1 Å². The fourth-order valence-corrected chi connectivity index (χ4v) is 3.30. The summed E-state index contributed by atoms with van der Waals surface area (Å²) in [6.07, 6.45) is 4.45. The Morgan fingerprint density at radius 2 is 1.95 bits per heavy atom. The third kappa shape index (κ3) is 2.91. The van der Waals surface area contributed by atoms with E-state index in [2.05, 4.69) is 6.92 Å². The molecule has 2 unspecified atom stereocenters. The number of nitrogens with zero attached hydrogens (tertiary/aromatic N) is 2. The minimum absolute atomic E-state index is 0.0377. The van der Waals surface area contributed by atoms with Crippen LogP contribution in [0.25, 0.3) is 0 Å². The third-order valence-corrected chi connectivity index (χ3v) is 5.04. The number of carboxylic acids is 1. The predicted octanol–water partition coefficient (Wildman–Crippen LogP) is 2.42. The van der Waals surface area contributed by atoms with E-state index in [1.807, 2.05) is 11.8 Å². The summed E-state index contributed by atoms with van der Waals surface area (Å²) >= 11 is 0. The van der Waals surface area contributed by atoms with Crippen LogP contribution in [-0.2, 0) is 4.79 Å². The number of urea groups is 1. The van der Waals surface area contributed by atoms with Gasteiger partial charge in [-0.25, -0.2) is 4.79 Å². The summed E-state index contributed by atoms with van der Waals surface area (Å²) in [4.78, 5) is 27.6. The van der Waals surface area contributed by atoms with Gasteiger partial charge in [-0.2, -0.15) is 0 Å². The molecule has 20 heavy (non-hydrogen) atoms. The van der Waals surface area contributed by atoms with Crippen molar-refractivity contribution in [3.8, 4) is 0 Å². The lowest BCUT2D eigenvalue weighted by atomic mass is 9.84. The van der Waals surface area contributed by atoms with Crippen LogP contribution in [0.3, 0.4) is 0 Å². The third-order valence-electron chi connectivity index (χ3n) is 5.04. The quantitative estimate of drug-likeness (QED) is 0.846. The fourth-order valence-electron chi connectivity index (χ4n) is 3.30. The van der Waals surface area contributed by atoms with Crippen LogP contribution in [0.2, 0.25) is 0 Å². The van der Waals surface area contributed by atoms with Crippen molar-refractivity contribution in [3.05, 3.63) is 0 Å². The molecular formula is C15H26N2O3. The van der Waals surface area contributed by atoms with Crippen LogP contribution in [0.15, 0.2) is 0 Å². The Labute approximate surface area is 120 Å². The molecule has 114 valence electrons. The van der Waals surface area contributed by atoms with E-state index in [9.17, 15) is 14.7 Å². The van der Waals surface area contributed by atoms with Gasteiger partial charge in [0.2, 0.25) is 0 Å². The Balaban J connectivity index is 1.98. The van der Waals surface area contributed by atoms with Gasteiger partial charge in [0.1, 0.15) is 0 Å². The van der Waals surface area contributed by atoms with Gasteiger partial charge in [-0.15, -0.1) is 0 Å². The highest BCUT2D eigenvalue weighted by Crippen LogP contribution is 2.34. The van der Waals surface area contributed by atoms with Crippen molar-refractivity contribution >= 4 is 12.0 Å². The first kappa shape index (κ1) is 15.1. The van der Waals surface area contributed by atoms with Gasteiger partial charge in [-0.05, 0) is 38.0 Å². The number of aliphatic carboxylic acids is 1. The van der Waals surface area contributed by atoms with Crippen LogP contribution in [0.5, 0.6) is 0 Å². The average Bonchev–Trinajstić information content (AvgIpc) is 2.76. The molecule has 0 saturated carbocycles. The Kier molecular flexibility index (Phi) is 4.55. The molecule has 2 amide bonds. The van der Waals surface area contributed by atoms with Crippen LogP contribution in [0.1, 0.15) is 46.0 Å². The van der Waals surface area contributed by atoms with Crippen molar-refractivity contribution in [2.45, 2.75) is 46.0 Å². The van der Waals surface area contributed by atoms with E-state index in [-0.39, 0.29) is 6.03 Å². The Hall–Kier alpha value is -1.26. The second-order valence-electron chi connectivity index (χ2n) is 6.42. The van der Waals surface area contributed by atoms with Gasteiger partial charge in [0, 0.05) is 26.2 Å².